The van der Waals surface area contributed by atoms with Crippen LogP contribution >= 0.6 is 0 Å². The van der Waals surface area contributed by atoms with Gasteiger partial charge in [-0.25, -0.2) is 0 Å². The second-order valence-corrected chi connectivity index (χ2v) is 13.6. The van der Waals surface area contributed by atoms with Crippen LogP contribution in [0.3, 0.4) is 0 Å². The molecule has 0 spiro atoms. The third kappa shape index (κ3) is 19.4. The molecule has 0 N–H and O–H groups in total. The van der Waals surface area contributed by atoms with Crippen molar-refractivity contribution in [1.29, 1.82) is 0 Å². The molecule has 12 heteroatoms. The highest BCUT2D eigenvalue weighted by molar-refractivity contribution is 7.97. The largest absolute Gasteiger partial charge is 1.00 e. The first-order valence-electron chi connectivity index (χ1n) is 12.3. The molecule has 0 bridgehead atoms. The van der Waals surface area contributed by atoms with E-state index in [9.17, 15) is 0 Å². The zero-order valence-electron chi connectivity index (χ0n) is 25.2. The summed E-state index contributed by atoms with van der Waals surface area (Å²) in [6, 6.07) is 31.0. The summed E-state index contributed by atoms with van der Waals surface area (Å²) in [6.07, 6.45) is 0. The summed E-state index contributed by atoms with van der Waals surface area (Å²) >= 11 is 0. The van der Waals surface area contributed by atoms with Crippen LogP contribution in [0.5, 0.6) is 0 Å². The maximum absolute atomic E-state index is 5.14. The van der Waals surface area contributed by atoms with Crippen molar-refractivity contribution in [2.75, 3.05) is 78.3 Å². The summed E-state index contributed by atoms with van der Waals surface area (Å²) in [6.45, 7) is 0. The lowest BCUT2D eigenvalue weighted by molar-refractivity contribution is -0.00100. The standard InChI is InChI=1S/3C10H15O2S.3FH/c3*1-11-8-13(9-12-2)10-6-4-3-5-7-10;;;/h3*3-7H,8-9H2,1-2H3;3*1H/q3*+1;;;/p-3. The van der Waals surface area contributed by atoms with E-state index in [0.717, 1.165) is 35.6 Å². The Balaban J connectivity index is -0.000000524. The monoisotopic (exact) mass is 654 g/mol. The topological polar surface area (TPSA) is 55.4 Å². The summed E-state index contributed by atoms with van der Waals surface area (Å²) in [7, 11) is 10.5. The first-order valence-corrected chi connectivity index (χ1v) is 16.9. The molecule has 3 aromatic carbocycles. The molecule has 0 unspecified atom stereocenters. The highest BCUT2D eigenvalue weighted by atomic mass is 32.2. The first-order chi connectivity index (χ1) is 19.1. The lowest BCUT2D eigenvalue weighted by atomic mass is 10.4. The molecule has 0 aliphatic carbocycles. The van der Waals surface area contributed by atoms with Crippen LogP contribution in [0.4, 0.5) is 0 Å². The van der Waals surface area contributed by atoms with Gasteiger partial charge in [-0.2, -0.15) is 0 Å². The molecular formula is C30H45F3O6S3. The van der Waals surface area contributed by atoms with Crippen LogP contribution in [0.2, 0.25) is 0 Å². The predicted molar refractivity (Wildman–Crippen MR) is 167 cm³/mol. The van der Waals surface area contributed by atoms with E-state index < -0.39 is 0 Å². The van der Waals surface area contributed by atoms with Crippen molar-refractivity contribution in [3.63, 3.8) is 0 Å². The average Bonchev–Trinajstić information content (AvgIpc) is 2.99. The van der Waals surface area contributed by atoms with E-state index >= 15 is 0 Å². The molecule has 0 saturated carbocycles. The van der Waals surface area contributed by atoms with Gasteiger partial charge in [-0.3, -0.25) is 0 Å². The number of benzene rings is 3. The van der Waals surface area contributed by atoms with Crippen LogP contribution in [0.25, 0.3) is 0 Å². The van der Waals surface area contributed by atoms with Crippen molar-refractivity contribution >= 4 is 32.7 Å². The van der Waals surface area contributed by atoms with Gasteiger partial charge in [-0.15, -0.1) is 0 Å². The van der Waals surface area contributed by atoms with Gasteiger partial charge in [0.05, 0.1) is 32.7 Å². The lowest BCUT2D eigenvalue weighted by Gasteiger charge is -2.05. The third-order valence-corrected chi connectivity index (χ3v) is 10.7. The van der Waals surface area contributed by atoms with Gasteiger partial charge in [0.25, 0.3) is 0 Å². The van der Waals surface area contributed by atoms with E-state index in [4.69, 9.17) is 28.4 Å². The number of halogens is 3. The molecule has 0 aliphatic heterocycles. The Hall–Kier alpha value is -1.74. The van der Waals surface area contributed by atoms with Crippen LogP contribution in [-0.4, -0.2) is 78.3 Å². The van der Waals surface area contributed by atoms with E-state index in [1.807, 2.05) is 54.6 Å². The summed E-state index contributed by atoms with van der Waals surface area (Å²) in [4.78, 5) is 3.89. The molecule has 0 saturated heterocycles. The van der Waals surface area contributed by atoms with E-state index in [1.54, 1.807) is 42.7 Å². The van der Waals surface area contributed by atoms with Crippen molar-refractivity contribution in [2.24, 2.45) is 0 Å². The summed E-state index contributed by atoms with van der Waals surface area (Å²) in [5.41, 5.74) is 0. The van der Waals surface area contributed by atoms with Gasteiger partial charge >= 0.3 is 0 Å². The zero-order chi connectivity index (χ0) is 28.6. The smallest absolute Gasteiger partial charge is 0.215 e. The molecule has 3 rings (SSSR count). The second-order valence-electron chi connectivity index (χ2n) is 7.86. The molecule has 0 radical (unpaired) electrons. The van der Waals surface area contributed by atoms with Crippen molar-refractivity contribution in [3.8, 4) is 0 Å². The Bertz CT molecular complexity index is 797. The lowest BCUT2D eigenvalue weighted by Crippen LogP contribution is -3.00. The van der Waals surface area contributed by atoms with Gasteiger partial charge in [-0.1, -0.05) is 54.6 Å². The highest BCUT2D eigenvalue weighted by Gasteiger charge is 2.22. The summed E-state index contributed by atoms with van der Waals surface area (Å²) < 4.78 is 30.9. The van der Waals surface area contributed by atoms with Crippen molar-refractivity contribution in [3.05, 3.63) is 91.0 Å². The molecule has 0 amide bonds. The SMILES string of the molecule is COC[S+](COC)c1ccccc1.COC[S+](COC)c1ccccc1.COC[S+](COC)c1ccccc1.[F-].[F-].[F-]. The van der Waals surface area contributed by atoms with Crippen LogP contribution in [-0.2, 0) is 61.1 Å². The second kappa shape index (κ2) is 30.7. The van der Waals surface area contributed by atoms with Crippen LogP contribution in [0.1, 0.15) is 0 Å². The van der Waals surface area contributed by atoms with E-state index in [1.165, 1.54) is 14.7 Å². The number of hydrogen-bond donors (Lipinski definition) is 0. The third-order valence-electron chi connectivity index (χ3n) is 4.79. The Morgan fingerprint density at radius 1 is 0.333 bits per heavy atom. The molecule has 42 heavy (non-hydrogen) atoms. The molecule has 0 aliphatic rings. The van der Waals surface area contributed by atoms with Gasteiger partial charge in [0.1, 0.15) is 0 Å². The molecule has 0 heterocycles. The Labute approximate surface area is 258 Å². The average molecular weight is 655 g/mol. The molecular weight excluding hydrogens is 610 g/mol. The molecule has 6 nitrogen and oxygen atoms in total. The van der Waals surface area contributed by atoms with Crippen LogP contribution in [0.15, 0.2) is 106 Å². The molecule has 3 aromatic rings. The summed E-state index contributed by atoms with van der Waals surface area (Å²) in [5.74, 6) is 4.40. The van der Waals surface area contributed by atoms with Gasteiger partial charge in [0.2, 0.25) is 35.6 Å². The molecule has 0 aromatic heterocycles. The minimum absolute atomic E-state index is 0. The fraction of sp³-hybridized carbons (Fsp3) is 0.400. The quantitative estimate of drug-likeness (QED) is 0.160. The maximum atomic E-state index is 5.14. The van der Waals surface area contributed by atoms with Gasteiger partial charge in [-0.05, 0) is 36.4 Å². The fourth-order valence-electron chi connectivity index (χ4n) is 3.20. The number of methoxy groups -OCH3 is 6. The molecule has 0 atom stereocenters. The summed E-state index contributed by atoms with van der Waals surface area (Å²) in [5, 5.41) is 0. The zero-order valence-corrected chi connectivity index (χ0v) is 27.7. The van der Waals surface area contributed by atoms with E-state index in [-0.39, 0.29) is 46.8 Å². The predicted octanol–water partition coefficient (Wildman–Crippen LogP) is -3.37. The molecule has 0 fully saturated rings. The van der Waals surface area contributed by atoms with Gasteiger partial charge in [0, 0.05) is 42.7 Å². The fourth-order valence-corrected chi connectivity index (χ4v) is 7.56. The number of hydrogen-bond acceptors (Lipinski definition) is 6. The van der Waals surface area contributed by atoms with Crippen LogP contribution < -0.4 is 14.1 Å². The normalized spacial score (nSPS) is 9.93. The Kier molecular flexibility index (Phi) is 32.7. The Morgan fingerprint density at radius 2 is 0.500 bits per heavy atom. The molecule has 240 valence electrons. The minimum Gasteiger partial charge on any atom is -1.00 e. The van der Waals surface area contributed by atoms with E-state index in [0.29, 0.717) is 0 Å². The number of rotatable bonds is 15. The van der Waals surface area contributed by atoms with E-state index in [2.05, 4.69) is 36.4 Å². The van der Waals surface area contributed by atoms with Crippen molar-refractivity contribution < 1.29 is 42.5 Å². The van der Waals surface area contributed by atoms with Crippen molar-refractivity contribution in [1.82, 2.24) is 0 Å². The van der Waals surface area contributed by atoms with Crippen LogP contribution in [0, 0.1) is 0 Å². The number of ether oxygens (including phenoxy) is 6. The Morgan fingerprint density at radius 3 is 0.643 bits per heavy atom. The van der Waals surface area contributed by atoms with Gasteiger partial charge in [0.15, 0.2) is 14.7 Å². The first kappa shape index (κ1) is 44.7. The van der Waals surface area contributed by atoms with Gasteiger partial charge < -0.3 is 42.5 Å². The maximum Gasteiger partial charge on any atom is 0.215 e. The van der Waals surface area contributed by atoms with Crippen molar-refractivity contribution in [2.45, 2.75) is 14.7 Å². The minimum atomic E-state index is 0. The highest BCUT2D eigenvalue weighted by Crippen LogP contribution is 2.15.